The van der Waals surface area contributed by atoms with Gasteiger partial charge in [0.2, 0.25) is 0 Å². The van der Waals surface area contributed by atoms with Crippen LogP contribution >= 0.6 is 24.2 Å². The average molecular weight is 332 g/mol. The first-order chi connectivity index (χ1) is 9.98. The third-order valence-corrected chi connectivity index (χ3v) is 4.45. The highest BCUT2D eigenvalue weighted by Gasteiger charge is 2.29. The van der Waals surface area contributed by atoms with Gasteiger partial charge in [0.25, 0.3) is 0 Å². The lowest BCUT2D eigenvalue weighted by molar-refractivity contribution is -0.386. The maximum absolute atomic E-state index is 11.0. The number of thiol groups is 1. The van der Waals surface area contributed by atoms with Gasteiger partial charge >= 0.3 is 5.69 Å². The standard InChI is InChI=1S/C15H22ClNO3S/c1-3-7-15(11-21,8-4-2)10-20-14-9-12(16)5-6-13(14)17(18)19/h5-6,9,21H,3-4,7-8,10-11H2,1-2H3. The number of hydrogen-bond acceptors (Lipinski definition) is 4. The van der Waals surface area contributed by atoms with Crippen LogP contribution in [0.1, 0.15) is 39.5 Å². The fourth-order valence-electron chi connectivity index (χ4n) is 2.52. The Kier molecular flexibility index (Phi) is 7.32. The topological polar surface area (TPSA) is 52.4 Å². The van der Waals surface area contributed by atoms with E-state index in [2.05, 4.69) is 26.5 Å². The molecule has 6 heteroatoms. The van der Waals surface area contributed by atoms with Crippen LogP contribution in [-0.2, 0) is 0 Å². The second-order valence-electron chi connectivity index (χ2n) is 5.32. The van der Waals surface area contributed by atoms with Gasteiger partial charge in [-0.2, -0.15) is 12.6 Å². The minimum Gasteiger partial charge on any atom is -0.486 e. The number of benzene rings is 1. The molecule has 21 heavy (non-hydrogen) atoms. The zero-order valence-corrected chi connectivity index (χ0v) is 14.1. The van der Waals surface area contributed by atoms with Gasteiger partial charge in [0.1, 0.15) is 0 Å². The second kappa shape index (κ2) is 8.49. The first-order valence-corrected chi connectivity index (χ1v) is 8.16. The Bertz CT molecular complexity index is 476. The third-order valence-electron chi connectivity index (χ3n) is 3.55. The summed E-state index contributed by atoms with van der Waals surface area (Å²) >= 11 is 10.4. The van der Waals surface area contributed by atoms with Crippen LogP contribution in [0.4, 0.5) is 5.69 Å². The highest BCUT2D eigenvalue weighted by atomic mass is 35.5. The molecule has 0 bridgehead atoms. The normalized spacial score (nSPS) is 11.4. The number of ether oxygens (including phenoxy) is 1. The molecule has 0 amide bonds. The summed E-state index contributed by atoms with van der Waals surface area (Å²) in [6, 6.07) is 4.37. The average Bonchev–Trinajstić information content (AvgIpc) is 2.45. The van der Waals surface area contributed by atoms with Gasteiger partial charge in [0.05, 0.1) is 11.5 Å². The number of halogens is 1. The molecule has 0 aliphatic heterocycles. The van der Waals surface area contributed by atoms with E-state index in [1.807, 2.05) is 0 Å². The van der Waals surface area contributed by atoms with Gasteiger partial charge in [-0.15, -0.1) is 0 Å². The molecule has 0 N–H and O–H groups in total. The molecular formula is C15H22ClNO3S. The van der Waals surface area contributed by atoms with E-state index in [4.69, 9.17) is 16.3 Å². The van der Waals surface area contributed by atoms with E-state index in [-0.39, 0.29) is 16.9 Å². The van der Waals surface area contributed by atoms with E-state index in [0.29, 0.717) is 17.4 Å². The van der Waals surface area contributed by atoms with E-state index in [9.17, 15) is 10.1 Å². The van der Waals surface area contributed by atoms with Gasteiger partial charge in [-0.25, -0.2) is 0 Å². The number of nitro benzene ring substituents is 1. The largest absolute Gasteiger partial charge is 0.486 e. The van der Waals surface area contributed by atoms with Gasteiger partial charge in [-0.1, -0.05) is 38.3 Å². The van der Waals surface area contributed by atoms with Crippen LogP contribution in [0.15, 0.2) is 18.2 Å². The van der Waals surface area contributed by atoms with Crippen LogP contribution in [0.5, 0.6) is 5.75 Å². The lowest BCUT2D eigenvalue weighted by Gasteiger charge is -2.31. The summed E-state index contributed by atoms with van der Waals surface area (Å²) in [5.74, 6) is 0.925. The van der Waals surface area contributed by atoms with Crippen LogP contribution in [0.3, 0.4) is 0 Å². The van der Waals surface area contributed by atoms with Crippen molar-refractivity contribution in [3.05, 3.63) is 33.3 Å². The molecular weight excluding hydrogens is 310 g/mol. The maximum atomic E-state index is 11.0. The first kappa shape index (κ1) is 18.1. The highest BCUT2D eigenvalue weighted by Crippen LogP contribution is 2.35. The van der Waals surface area contributed by atoms with E-state index >= 15 is 0 Å². The van der Waals surface area contributed by atoms with Crippen LogP contribution in [0.25, 0.3) is 0 Å². The number of nitro groups is 1. The molecule has 0 atom stereocenters. The van der Waals surface area contributed by atoms with Crippen molar-refractivity contribution in [3.8, 4) is 5.75 Å². The van der Waals surface area contributed by atoms with Crippen LogP contribution < -0.4 is 4.74 Å². The Labute approximate surface area is 136 Å². The molecule has 0 saturated carbocycles. The summed E-state index contributed by atoms with van der Waals surface area (Å²) in [5.41, 5.74) is -0.108. The summed E-state index contributed by atoms with van der Waals surface area (Å²) < 4.78 is 5.77. The third kappa shape index (κ3) is 5.08. The van der Waals surface area contributed by atoms with E-state index in [0.717, 1.165) is 25.7 Å². The lowest BCUT2D eigenvalue weighted by Crippen LogP contribution is -2.30. The molecule has 0 heterocycles. The summed E-state index contributed by atoms with van der Waals surface area (Å²) in [5, 5.41) is 11.5. The maximum Gasteiger partial charge on any atom is 0.311 e. The Morgan fingerprint density at radius 3 is 2.43 bits per heavy atom. The van der Waals surface area contributed by atoms with Crippen molar-refractivity contribution in [2.24, 2.45) is 5.41 Å². The van der Waals surface area contributed by atoms with Crippen molar-refractivity contribution < 1.29 is 9.66 Å². The molecule has 1 aromatic carbocycles. The highest BCUT2D eigenvalue weighted by molar-refractivity contribution is 7.80. The molecule has 0 aromatic heterocycles. The number of nitrogens with zero attached hydrogens (tertiary/aromatic N) is 1. The Balaban J connectivity index is 2.93. The van der Waals surface area contributed by atoms with Crippen molar-refractivity contribution >= 4 is 29.9 Å². The van der Waals surface area contributed by atoms with Crippen molar-refractivity contribution in [2.45, 2.75) is 39.5 Å². The molecule has 0 spiro atoms. The molecule has 1 rings (SSSR count). The van der Waals surface area contributed by atoms with Gasteiger partial charge in [0.15, 0.2) is 5.75 Å². The van der Waals surface area contributed by atoms with Gasteiger partial charge in [-0.3, -0.25) is 10.1 Å². The van der Waals surface area contributed by atoms with Crippen LogP contribution in [-0.4, -0.2) is 17.3 Å². The van der Waals surface area contributed by atoms with Crippen molar-refractivity contribution in [1.82, 2.24) is 0 Å². The summed E-state index contributed by atoms with van der Waals surface area (Å²) in [6.07, 6.45) is 4.03. The predicted octanol–water partition coefficient (Wildman–Crippen LogP) is 5.14. The SMILES string of the molecule is CCCC(CS)(CCC)COc1cc(Cl)ccc1[N+](=O)[O-]. The van der Waals surface area contributed by atoms with E-state index in [1.54, 1.807) is 0 Å². The molecule has 1 aromatic rings. The molecule has 0 aliphatic carbocycles. The van der Waals surface area contributed by atoms with Crippen molar-refractivity contribution in [1.29, 1.82) is 0 Å². The Morgan fingerprint density at radius 1 is 1.33 bits per heavy atom. The van der Waals surface area contributed by atoms with Gasteiger partial charge < -0.3 is 4.74 Å². The minimum atomic E-state index is -0.451. The summed E-state index contributed by atoms with van der Waals surface area (Å²) in [4.78, 5) is 10.6. The lowest BCUT2D eigenvalue weighted by atomic mass is 9.82. The fraction of sp³-hybridized carbons (Fsp3) is 0.600. The number of hydrogen-bond donors (Lipinski definition) is 1. The molecule has 0 unspecified atom stereocenters. The van der Waals surface area contributed by atoms with Crippen LogP contribution in [0.2, 0.25) is 5.02 Å². The zero-order valence-electron chi connectivity index (χ0n) is 12.5. The summed E-state index contributed by atoms with van der Waals surface area (Å²) in [7, 11) is 0. The van der Waals surface area contributed by atoms with Crippen molar-refractivity contribution in [2.75, 3.05) is 12.4 Å². The Morgan fingerprint density at radius 2 is 1.95 bits per heavy atom. The summed E-state index contributed by atoms with van der Waals surface area (Å²) in [6.45, 7) is 4.66. The quantitative estimate of drug-likeness (QED) is 0.387. The first-order valence-electron chi connectivity index (χ1n) is 7.15. The molecule has 0 radical (unpaired) electrons. The second-order valence-corrected chi connectivity index (χ2v) is 6.07. The molecule has 118 valence electrons. The van der Waals surface area contributed by atoms with E-state index in [1.165, 1.54) is 18.2 Å². The molecule has 4 nitrogen and oxygen atoms in total. The smallest absolute Gasteiger partial charge is 0.311 e. The fourth-order valence-corrected chi connectivity index (χ4v) is 3.09. The molecule has 0 fully saturated rings. The minimum absolute atomic E-state index is 0.0528. The van der Waals surface area contributed by atoms with E-state index < -0.39 is 4.92 Å². The number of rotatable bonds is 9. The Hall–Kier alpha value is -0.940. The van der Waals surface area contributed by atoms with Crippen LogP contribution in [0, 0.1) is 15.5 Å². The predicted molar refractivity (Wildman–Crippen MR) is 89.7 cm³/mol. The van der Waals surface area contributed by atoms with Crippen molar-refractivity contribution in [3.63, 3.8) is 0 Å². The molecule has 0 saturated heterocycles. The van der Waals surface area contributed by atoms with Gasteiger partial charge in [-0.05, 0) is 24.7 Å². The monoisotopic (exact) mass is 331 g/mol. The van der Waals surface area contributed by atoms with Gasteiger partial charge in [0, 0.05) is 22.6 Å². The zero-order chi connectivity index (χ0) is 15.9. The molecule has 0 aliphatic rings.